The minimum absolute atomic E-state index is 0.118. The second-order valence-electron chi connectivity index (χ2n) is 8.78. The van der Waals surface area contributed by atoms with E-state index in [0.717, 1.165) is 0 Å². The van der Waals surface area contributed by atoms with E-state index in [2.05, 4.69) is 0 Å². The minimum atomic E-state index is -0.244. The number of carbonyl (C=O) groups excluding carboxylic acids is 4. The van der Waals surface area contributed by atoms with Gasteiger partial charge in [0, 0.05) is 11.1 Å². The summed E-state index contributed by atoms with van der Waals surface area (Å²) in [6, 6.07) is 24.6. The van der Waals surface area contributed by atoms with E-state index in [1.54, 1.807) is 72.8 Å². The smallest absolute Gasteiger partial charge is 0.164 e. The Morgan fingerprint density at radius 2 is 0.784 bits per heavy atom. The van der Waals surface area contributed by atoms with Crippen LogP contribution in [0.15, 0.2) is 84.9 Å². The van der Waals surface area contributed by atoms with Gasteiger partial charge in [-0.3, -0.25) is 19.2 Å². The van der Waals surface area contributed by atoms with Crippen molar-refractivity contribution in [2.75, 3.05) is 0 Å². The van der Waals surface area contributed by atoms with Crippen molar-refractivity contribution in [2.45, 2.75) is 27.7 Å². The molecule has 0 aromatic heterocycles. The first kappa shape index (κ1) is 25.5. The molecule has 0 aliphatic carbocycles. The lowest BCUT2D eigenvalue weighted by Gasteiger charge is -2.18. The molecule has 5 heteroatoms. The van der Waals surface area contributed by atoms with Gasteiger partial charge in [0.1, 0.15) is 11.5 Å². The van der Waals surface area contributed by atoms with E-state index in [1.807, 2.05) is 12.1 Å². The first-order valence-electron chi connectivity index (χ1n) is 11.9. The molecule has 0 N–H and O–H groups in total. The van der Waals surface area contributed by atoms with E-state index in [-0.39, 0.29) is 34.6 Å². The molecule has 0 saturated heterocycles. The standard InChI is InChI=1S/C32H26O5/c1-19(33)23-11-5-7-13-25(23)27-15-9-17-29(31(27)21(3)35)37-30-18-10-16-28(32(30)22(4)36)26-14-8-6-12-24(26)20(2)34/h5-18H,1-4H3. The summed E-state index contributed by atoms with van der Waals surface area (Å²) in [4.78, 5) is 50.4. The molecule has 0 fully saturated rings. The van der Waals surface area contributed by atoms with E-state index in [4.69, 9.17) is 4.74 Å². The lowest BCUT2D eigenvalue weighted by Crippen LogP contribution is -2.06. The van der Waals surface area contributed by atoms with Crippen molar-refractivity contribution in [1.82, 2.24) is 0 Å². The van der Waals surface area contributed by atoms with Gasteiger partial charge in [0.25, 0.3) is 0 Å². The van der Waals surface area contributed by atoms with Gasteiger partial charge in [0.2, 0.25) is 0 Å². The van der Waals surface area contributed by atoms with Crippen molar-refractivity contribution < 1.29 is 23.9 Å². The zero-order valence-corrected chi connectivity index (χ0v) is 21.1. The summed E-state index contributed by atoms with van der Waals surface area (Å²) in [7, 11) is 0. The van der Waals surface area contributed by atoms with Gasteiger partial charge in [-0.1, -0.05) is 72.8 Å². The van der Waals surface area contributed by atoms with Gasteiger partial charge in [-0.15, -0.1) is 0 Å². The molecule has 0 heterocycles. The van der Waals surface area contributed by atoms with Crippen molar-refractivity contribution in [2.24, 2.45) is 0 Å². The summed E-state index contributed by atoms with van der Waals surface area (Å²) in [5.41, 5.74) is 3.99. The van der Waals surface area contributed by atoms with Crippen molar-refractivity contribution in [3.05, 3.63) is 107 Å². The highest BCUT2D eigenvalue weighted by molar-refractivity contribution is 6.09. The average molecular weight is 491 g/mol. The number of benzene rings is 4. The Bertz CT molecular complexity index is 1440. The van der Waals surface area contributed by atoms with Crippen molar-refractivity contribution in [3.8, 4) is 33.8 Å². The number of Topliss-reactive ketones (excluding diaryl/α,β-unsaturated/α-hetero) is 4. The summed E-state index contributed by atoms with van der Waals surface area (Å²) in [5, 5.41) is 0. The highest BCUT2D eigenvalue weighted by Gasteiger charge is 2.23. The predicted molar refractivity (Wildman–Crippen MR) is 144 cm³/mol. The van der Waals surface area contributed by atoms with Gasteiger partial charge >= 0.3 is 0 Å². The highest BCUT2D eigenvalue weighted by Crippen LogP contribution is 2.39. The molecule has 0 atom stereocenters. The Kier molecular flexibility index (Phi) is 7.25. The summed E-state index contributed by atoms with van der Waals surface area (Å²) in [6.45, 7) is 5.84. The molecule has 0 unspecified atom stereocenters. The maximum Gasteiger partial charge on any atom is 0.164 e. The predicted octanol–water partition coefficient (Wildman–Crippen LogP) is 7.62. The van der Waals surface area contributed by atoms with Crippen LogP contribution in [0.4, 0.5) is 0 Å². The lowest BCUT2D eigenvalue weighted by atomic mass is 9.91. The van der Waals surface area contributed by atoms with E-state index < -0.39 is 0 Å². The van der Waals surface area contributed by atoms with E-state index in [0.29, 0.717) is 44.5 Å². The second kappa shape index (κ2) is 10.5. The van der Waals surface area contributed by atoms with Gasteiger partial charge in [-0.2, -0.15) is 0 Å². The van der Waals surface area contributed by atoms with Gasteiger partial charge in [0.15, 0.2) is 23.1 Å². The molecule has 37 heavy (non-hydrogen) atoms. The SMILES string of the molecule is CC(=O)c1ccccc1-c1cccc(Oc2cccc(-c3ccccc3C(C)=O)c2C(C)=O)c1C(C)=O. The quantitative estimate of drug-likeness (QED) is 0.237. The van der Waals surface area contributed by atoms with Crippen LogP contribution in [0.3, 0.4) is 0 Å². The summed E-state index contributed by atoms with van der Waals surface area (Å²) in [5.74, 6) is -0.192. The Morgan fingerprint density at radius 3 is 1.14 bits per heavy atom. The van der Waals surface area contributed by atoms with Crippen molar-refractivity contribution in [1.29, 1.82) is 0 Å². The third-order valence-electron chi connectivity index (χ3n) is 6.17. The monoisotopic (exact) mass is 490 g/mol. The average Bonchev–Trinajstić information content (AvgIpc) is 2.88. The maximum atomic E-state index is 12.9. The molecule has 0 spiro atoms. The molecule has 0 amide bonds. The topological polar surface area (TPSA) is 77.5 Å². The minimum Gasteiger partial charge on any atom is -0.456 e. The number of ketones is 4. The number of ether oxygens (including phenoxy) is 1. The van der Waals surface area contributed by atoms with Crippen LogP contribution >= 0.6 is 0 Å². The molecular formula is C32H26O5. The second-order valence-corrected chi connectivity index (χ2v) is 8.78. The summed E-state index contributed by atoms with van der Waals surface area (Å²) in [6.07, 6.45) is 0. The summed E-state index contributed by atoms with van der Waals surface area (Å²) >= 11 is 0. The Morgan fingerprint density at radius 1 is 0.432 bits per heavy atom. The molecular weight excluding hydrogens is 464 g/mol. The fourth-order valence-corrected chi connectivity index (χ4v) is 4.58. The summed E-state index contributed by atoms with van der Waals surface area (Å²) < 4.78 is 6.28. The molecule has 184 valence electrons. The van der Waals surface area contributed by atoms with E-state index >= 15 is 0 Å². The van der Waals surface area contributed by atoms with E-state index in [1.165, 1.54) is 27.7 Å². The molecule has 5 nitrogen and oxygen atoms in total. The van der Waals surface area contributed by atoms with Crippen LogP contribution in [-0.4, -0.2) is 23.1 Å². The number of carbonyl (C=O) groups is 4. The molecule has 0 saturated carbocycles. The van der Waals surface area contributed by atoms with Crippen LogP contribution in [0.5, 0.6) is 11.5 Å². The highest BCUT2D eigenvalue weighted by atomic mass is 16.5. The van der Waals surface area contributed by atoms with Gasteiger partial charge in [-0.25, -0.2) is 0 Å². The maximum absolute atomic E-state index is 12.9. The molecule has 0 bridgehead atoms. The Balaban J connectivity index is 1.92. The number of hydrogen-bond acceptors (Lipinski definition) is 5. The zero-order valence-electron chi connectivity index (χ0n) is 21.1. The van der Waals surface area contributed by atoms with Crippen molar-refractivity contribution >= 4 is 23.1 Å². The molecule has 4 aromatic rings. The molecule has 0 aliphatic rings. The normalized spacial score (nSPS) is 10.6. The van der Waals surface area contributed by atoms with Crippen LogP contribution in [0.2, 0.25) is 0 Å². The largest absolute Gasteiger partial charge is 0.456 e. The molecule has 0 radical (unpaired) electrons. The lowest BCUT2D eigenvalue weighted by molar-refractivity contribution is 0.100. The van der Waals surface area contributed by atoms with Crippen molar-refractivity contribution in [3.63, 3.8) is 0 Å². The number of rotatable bonds is 8. The van der Waals surface area contributed by atoms with Gasteiger partial charge in [0.05, 0.1) is 11.1 Å². The third kappa shape index (κ3) is 5.02. The Labute approximate surface area is 215 Å². The first-order chi connectivity index (χ1) is 17.7. The third-order valence-corrected chi connectivity index (χ3v) is 6.17. The number of hydrogen-bond donors (Lipinski definition) is 0. The van der Waals surface area contributed by atoms with Crippen LogP contribution < -0.4 is 4.74 Å². The fourth-order valence-electron chi connectivity index (χ4n) is 4.58. The first-order valence-corrected chi connectivity index (χ1v) is 11.9. The molecule has 4 rings (SSSR count). The van der Waals surface area contributed by atoms with Crippen LogP contribution in [-0.2, 0) is 0 Å². The fraction of sp³-hybridized carbons (Fsp3) is 0.125. The molecule has 0 aliphatic heterocycles. The van der Waals surface area contributed by atoms with Crippen LogP contribution in [0.25, 0.3) is 22.3 Å². The van der Waals surface area contributed by atoms with Gasteiger partial charge in [-0.05, 0) is 62.1 Å². The zero-order chi connectivity index (χ0) is 26.7. The van der Waals surface area contributed by atoms with Crippen LogP contribution in [0.1, 0.15) is 69.1 Å². The Hall–Kier alpha value is -4.64. The van der Waals surface area contributed by atoms with E-state index in [9.17, 15) is 19.2 Å². The molecule has 4 aromatic carbocycles. The van der Waals surface area contributed by atoms with Gasteiger partial charge < -0.3 is 4.74 Å². The van der Waals surface area contributed by atoms with Crippen LogP contribution in [0, 0.1) is 0 Å².